The second-order valence-corrected chi connectivity index (χ2v) is 7.17. The van der Waals surface area contributed by atoms with Crippen LogP contribution < -0.4 is 0 Å². The highest BCUT2D eigenvalue weighted by atomic mass is 28.3. The number of hydrogen-bond donors (Lipinski definition) is 0. The molecule has 13 heavy (non-hydrogen) atoms. The minimum atomic E-state index is -2.67. The van der Waals surface area contributed by atoms with E-state index in [9.17, 15) is 9.59 Å². The van der Waals surface area contributed by atoms with Gasteiger partial charge in [-0.1, -0.05) is 13.8 Å². The van der Waals surface area contributed by atoms with Crippen LogP contribution in [0.2, 0.25) is 12.1 Å². The average Bonchev–Trinajstić information content (AvgIpc) is 2.19. The Balaban J connectivity index is 4.90. The molecule has 0 aliphatic rings. The maximum atomic E-state index is 11.4. The number of carbonyl (C=O) groups is 2. The lowest BCUT2D eigenvalue weighted by molar-refractivity contribution is 0.185. The van der Waals surface area contributed by atoms with Crippen molar-refractivity contribution in [2.45, 2.75) is 25.9 Å². The van der Waals surface area contributed by atoms with Gasteiger partial charge in [0.1, 0.15) is 0 Å². The first-order valence-electron chi connectivity index (χ1n) is 4.25. The number of methoxy groups -OCH3 is 2. The predicted octanol–water partition coefficient (Wildman–Crippen LogP) is 2.17. The van der Waals surface area contributed by atoms with Crippen LogP contribution >= 0.6 is 0 Å². The van der Waals surface area contributed by atoms with E-state index in [2.05, 4.69) is 9.47 Å². The number of ether oxygens (including phenoxy) is 2. The topological polar surface area (TPSA) is 52.6 Å². The van der Waals surface area contributed by atoms with Gasteiger partial charge in [0.25, 0.3) is 11.2 Å². The molecule has 0 aromatic heterocycles. The molecule has 0 atom stereocenters. The maximum absolute atomic E-state index is 11.4. The summed E-state index contributed by atoms with van der Waals surface area (Å²) in [5, 5.41) is 0. The molecule has 0 aliphatic heterocycles. The Hall–Kier alpha value is -0.843. The first-order valence-corrected chi connectivity index (χ1v) is 6.67. The summed E-state index contributed by atoms with van der Waals surface area (Å²) in [7, 11) is -0.0646. The first-order chi connectivity index (χ1) is 6.08. The van der Waals surface area contributed by atoms with E-state index in [-0.39, 0.29) is 11.2 Å². The van der Waals surface area contributed by atoms with Crippen LogP contribution in [-0.2, 0) is 9.47 Å². The lowest BCUT2D eigenvalue weighted by Gasteiger charge is -2.21. The van der Waals surface area contributed by atoms with Crippen LogP contribution in [-0.4, -0.2) is 33.5 Å². The summed E-state index contributed by atoms with van der Waals surface area (Å²) in [6.07, 6.45) is 0. The van der Waals surface area contributed by atoms with E-state index in [1.165, 1.54) is 14.2 Å². The van der Waals surface area contributed by atoms with Crippen molar-refractivity contribution in [2.75, 3.05) is 14.2 Å². The number of hydrogen-bond acceptors (Lipinski definition) is 4. The van der Waals surface area contributed by atoms with E-state index < -0.39 is 8.07 Å². The zero-order valence-corrected chi connectivity index (χ0v) is 9.55. The molecule has 76 valence electrons. The Morgan fingerprint density at radius 2 is 1.31 bits per heavy atom. The molecular weight excluding hydrogens is 188 g/mol. The van der Waals surface area contributed by atoms with Gasteiger partial charge >= 0.3 is 8.07 Å². The highest BCUT2D eigenvalue weighted by Gasteiger charge is 2.49. The first kappa shape index (κ1) is 12.2. The van der Waals surface area contributed by atoms with Crippen molar-refractivity contribution in [2.24, 2.45) is 0 Å². The summed E-state index contributed by atoms with van der Waals surface area (Å²) in [5.41, 5.74) is -0.770. The summed E-state index contributed by atoms with van der Waals surface area (Å²) in [5.74, 6) is 0. The Labute approximate surface area is 79.2 Å². The fraction of sp³-hybridized carbons (Fsp3) is 0.750. The maximum Gasteiger partial charge on any atom is 0.311 e. The summed E-state index contributed by atoms with van der Waals surface area (Å²) in [4.78, 5) is 22.9. The van der Waals surface area contributed by atoms with E-state index >= 15 is 0 Å². The standard InChI is InChI=1S/C8H16O4Si/c1-5-13(6-2,7(9)11-3)8(10)12-4/h5-6H2,1-4H3. The number of rotatable bonds is 4. The Morgan fingerprint density at radius 3 is 1.46 bits per heavy atom. The third-order valence-electron chi connectivity index (χ3n) is 2.36. The van der Waals surface area contributed by atoms with E-state index in [1.807, 2.05) is 13.8 Å². The number of carbonyl (C=O) groups excluding carboxylic acids is 2. The van der Waals surface area contributed by atoms with Gasteiger partial charge in [-0.15, -0.1) is 0 Å². The van der Waals surface area contributed by atoms with Crippen LogP contribution in [0.1, 0.15) is 13.8 Å². The minimum absolute atomic E-state index is 0.385. The van der Waals surface area contributed by atoms with Crippen molar-refractivity contribution >= 4 is 19.3 Å². The van der Waals surface area contributed by atoms with Gasteiger partial charge in [0.05, 0.1) is 14.2 Å². The molecule has 5 heteroatoms. The lowest BCUT2D eigenvalue weighted by atomic mass is 10.9. The van der Waals surface area contributed by atoms with Gasteiger partial charge in [0.15, 0.2) is 0 Å². The normalized spacial score (nSPS) is 10.8. The fourth-order valence-electron chi connectivity index (χ4n) is 1.30. The summed E-state index contributed by atoms with van der Waals surface area (Å²) >= 11 is 0. The van der Waals surface area contributed by atoms with Crippen molar-refractivity contribution in [3.63, 3.8) is 0 Å². The zero-order chi connectivity index (χ0) is 10.5. The van der Waals surface area contributed by atoms with Crippen LogP contribution in [0.5, 0.6) is 0 Å². The molecule has 0 aromatic carbocycles. The largest absolute Gasteiger partial charge is 0.473 e. The minimum Gasteiger partial charge on any atom is -0.473 e. The molecule has 0 radical (unpaired) electrons. The van der Waals surface area contributed by atoms with Gasteiger partial charge in [-0.2, -0.15) is 0 Å². The quantitative estimate of drug-likeness (QED) is 0.658. The average molecular weight is 204 g/mol. The Bertz CT molecular complexity index is 180. The van der Waals surface area contributed by atoms with Gasteiger partial charge in [-0.3, -0.25) is 9.59 Å². The van der Waals surface area contributed by atoms with Crippen molar-refractivity contribution in [1.82, 2.24) is 0 Å². The second kappa shape index (κ2) is 5.01. The second-order valence-electron chi connectivity index (χ2n) is 2.77. The summed E-state index contributed by atoms with van der Waals surface area (Å²) < 4.78 is 9.28. The molecule has 0 aliphatic carbocycles. The Morgan fingerprint density at radius 1 is 1.00 bits per heavy atom. The van der Waals surface area contributed by atoms with Crippen LogP contribution in [0, 0.1) is 0 Å². The molecule has 0 rings (SSSR count). The van der Waals surface area contributed by atoms with E-state index in [4.69, 9.17) is 0 Å². The van der Waals surface area contributed by atoms with Gasteiger partial charge in [0.2, 0.25) is 0 Å². The van der Waals surface area contributed by atoms with Crippen LogP contribution in [0.25, 0.3) is 0 Å². The van der Waals surface area contributed by atoms with Crippen molar-refractivity contribution < 1.29 is 19.1 Å². The van der Waals surface area contributed by atoms with Gasteiger partial charge in [0, 0.05) is 0 Å². The molecule has 0 unspecified atom stereocenters. The molecule has 0 aromatic rings. The highest BCUT2D eigenvalue weighted by molar-refractivity contribution is 7.23. The third kappa shape index (κ3) is 2.09. The SMILES string of the molecule is CC[Si](CC)(C(=O)OC)C(=O)OC. The molecule has 0 heterocycles. The van der Waals surface area contributed by atoms with Gasteiger partial charge < -0.3 is 9.47 Å². The van der Waals surface area contributed by atoms with Gasteiger partial charge in [-0.05, 0) is 12.1 Å². The van der Waals surface area contributed by atoms with E-state index in [0.29, 0.717) is 12.1 Å². The molecule has 0 saturated heterocycles. The van der Waals surface area contributed by atoms with Crippen molar-refractivity contribution in [1.29, 1.82) is 0 Å². The monoisotopic (exact) mass is 204 g/mol. The molecule has 0 saturated carbocycles. The predicted molar refractivity (Wildman–Crippen MR) is 51.5 cm³/mol. The van der Waals surface area contributed by atoms with Crippen LogP contribution in [0.3, 0.4) is 0 Å². The molecule has 0 bridgehead atoms. The zero-order valence-electron chi connectivity index (χ0n) is 8.55. The van der Waals surface area contributed by atoms with Crippen molar-refractivity contribution in [3.8, 4) is 0 Å². The molecule has 0 amide bonds. The molecule has 0 spiro atoms. The van der Waals surface area contributed by atoms with Crippen molar-refractivity contribution in [3.05, 3.63) is 0 Å². The molecule has 4 nitrogen and oxygen atoms in total. The van der Waals surface area contributed by atoms with E-state index in [1.54, 1.807) is 0 Å². The third-order valence-corrected chi connectivity index (χ3v) is 6.74. The summed E-state index contributed by atoms with van der Waals surface area (Å²) in [6, 6.07) is 1.06. The van der Waals surface area contributed by atoms with Gasteiger partial charge in [-0.25, -0.2) is 0 Å². The molecule has 0 N–H and O–H groups in total. The lowest BCUT2D eigenvalue weighted by Crippen LogP contribution is -2.51. The molecular formula is C8H16O4Si. The Kier molecular flexibility index (Phi) is 4.69. The summed E-state index contributed by atoms with van der Waals surface area (Å²) in [6.45, 7) is 3.65. The fourth-order valence-corrected chi connectivity index (χ4v) is 3.90. The smallest absolute Gasteiger partial charge is 0.311 e. The van der Waals surface area contributed by atoms with Crippen LogP contribution in [0.15, 0.2) is 0 Å². The highest BCUT2D eigenvalue weighted by Crippen LogP contribution is 2.20. The van der Waals surface area contributed by atoms with Crippen LogP contribution in [0.4, 0.5) is 9.59 Å². The van der Waals surface area contributed by atoms with E-state index in [0.717, 1.165) is 0 Å². The molecule has 0 fully saturated rings.